The van der Waals surface area contributed by atoms with Crippen molar-refractivity contribution in [2.24, 2.45) is 17.1 Å². The molecule has 1 aliphatic carbocycles. The van der Waals surface area contributed by atoms with Crippen LogP contribution in [0.4, 0.5) is 0 Å². The zero-order valence-corrected chi connectivity index (χ0v) is 13.2. The van der Waals surface area contributed by atoms with Gasteiger partial charge < -0.3 is 5.73 Å². The van der Waals surface area contributed by atoms with E-state index in [0.717, 1.165) is 23.8 Å². The van der Waals surface area contributed by atoms with Gasteiger partial charge in [0.05, 0.1) is 10.6 Å². The largest absolute Gasteiger partial charge is 0.321 e. The van der Waals surface area contributed by atoms with Crippen LogP contribution < -0.4 is 5.73 Å². The minimum Gasteiger partial charge on any atom is -0.321 e. The summed E-state index contributed by atoms with van der Waals surface area (Å²) in [6, 6.07) is 1.97. The van der Waals surface area contributed by atoms with E-state index in [1.807, 2.05) is 6.07 Å². The molecule has 0 aliphatic heterocycles. The number of nitrogens with two attached hydrogens (primary N) is 1. The van der Waals surface area contributed by atoms with E-state index in [0.29, 0.717) is 5.41 Å². The van der Waals surface area contributed by atoms with Gasteiger partial charge in [0.2, 0.25) is 0 Å². The lowest BCUT2D eigenvalue weighted by molar-refractivity contribution is 0.211. The highest BCUT2D eigenvalue weighted by Gasteiger charge is 2.36. The molecule has 0 saturated heterocycles. The molecule has 1 aromatic heterocycles. The van der Waals surface area contributed by atoms with Crippen molar-refractivity contribution in [1.29, 1.82) is 0 Å². The molecule has 2 unspecified atom stereocenters. The molecule has 0 bridgehead atoms. The molecule has 0 radical (unpaired) electrons. The Kier molecular flexibility index (Phi) is 4.10. The molecule has 2 N–H and O–H groups in total. The molecule has 18 heavy (non-hydrogen) atoms. The van der Waals surface area contributed by atoms with Gasteiger partial charge in [-0.3, -0.25) is 0 Å². The quantitative estimate of drug-likeness (QED) is 0.707. The van der Waals surface area contributed by atoms with Crippen molar-refractivity contribution in [3.8, 4) is 0 Å². The highest BCUT2D eigenvalue weighted by atomic mass is 35.5. The second-order valence-electron chi connectivity index (χ2n) is 6.75. The van der Waals surface area contributed by atoms with Gasteiger partial charge in [-0.2, -0.15) is 0 Å². The highest BCUT2D eigenvalue weighted by Crippen LogP contribution is 2.45. The molecule has 1 saturated carbocycles. The fourth-order valence-corrected chi connectivity index (χ4v) is 4.53. The van der Waals surface area contributed by atoms with Crippen LogP contribution in [-0.2, 0) is 5.54 Å². The first-order valence-corrected chi connectivity index (χ1v) is 8.11. The van der Waals surface area contributed by atoms with E-state index in [4.69, 9.17) is 17.3 Å². The fraction of sp³-hybridized carbons (Fsp3) is 0.733. The third-order valence-corrected chi connectivity index (χ3v) is 5.97. The summed E-state index contributed by atoms with van der Waals surface area (Å²) in [5.74, 6) is 0.779. The number of thiophene rings is 1. The van der Waals surface area contributed by atoms with Gasteiger partial charge >= 0.3 is 0 Å². The van der Waals surface area contributed by atoms with Crippen LogP contribution >= 0.6 is 22.9 Å². The maximum atomic E-state index is 6.66. The lowest BCUT2D eigenvalue weighted by Crippen LogP contribution is -2.35. The Labute approximate surface area is 120 Å². The van der Waals surface area contributed by atoms with Crippen molar-refractivity contribution in [1.82, 2.24) is 0 Å². The van der Waals surface area contributed by atoms with Crippen molar-refractivity contribution < 1.29 is 0 Å². The standard InChI is InChI=1S/C15H24ClNS/c1-14(2,3)11-5-4-8-15(17,9-6-11)13-12(16)7-10-18-13/h7,10-11H,4-6,8-9,17H2,1-3H3. The van der Waals surface area contributed by atoms with Crippen LogP contribution in [0.25, 0.3) is 0 Å². The minimum atomic E-state index is -0.189. The predicted molar refractivity (Wildman–Crippen MR) is 81.2 cm³/mol. The molecule has 0 aromatic carbocycles. The molecule has 2 rings (SSSR count). The Bertz CT molecular complexity index is 407. The Morgan fingerprint density at radius 2 is 2.06 bits per heavy atom. The van der Waals surface area contributed by atoms with Gasteiger partial charge in [0.25, 0.3) is 0 Å². The summed E-state index contributed by atoms with van der Waals surface area (Å²) < 4.78 is 0. The van der Waals surface area contributed by atoms with E-state index in [1.54, 1.807) is 11.3 Å². The maximum Gasteiger partial charge on any atom is 0.0564 e. The number of rotatable bonds is 1. The normalized spacial score (nSPS) is 30.2. The van der Waals surface area contributed by atoms with Gasteiger partial charge in [0.15, 0.2) is 0 Å². The Morgan fingerprint density at radius 1 is 1.33 bits per heavy atom. The van der Waals surface area contributed by atoms with Crippen molar-refractivity contribution in [2.45, 2.75) is 58.4 Å². The van der Waals surface area contributed by atoms with Crippen LogP contribution in [-0.4, -0.2) is 0 Å². The zero-order chi connectivity index (χ0) is 13.4. The molecule has 1 nitrogen and oxygen atoms in total. The molecule has 1 fully saturated rings. The summed E-state index contributed by atoms with van der Waals surface area (Å²) in [7, 11) is 0. The first-order valence-electron chi connectivity index (χ1n) is 6.85. The third-order valence-electron chi connectivity index (χ3n) is 4.41. The van der Waals surface area contributed by atoms with E-state index >= 15 is 0 Å². The highest BCUT2D eigenvalue weighted by molar-refractivity contribution is 7.10. The number of hydrogen-bond acceptors (Lipinski definition) is 2. The van der Waals surface area contributed by atoms with E-state index in [9.17, 15) is 0 Å². The average Bonchev–Trinajstić information content (AvgIpc) is 2.57. The first-order chi connectivity index (χ1) is 8.33. The minimum absolute atomic E-state index is 0.189. The molecule has 0 spiro atoms. The van der Waals surface area contributed by atoms with Gasteiger partial charge in [-0.15, -0.1) is 11.3 Å². The van der Waals surface area contributed by atoms with Crippen molar-refractivity contribution in [3.05, 3.63) is 21.3 Å². The Morgan fingerprint density at radius 3 is 2.61 bits per heavy atom. The lowest BCUT2D eigenvalue weighted by atomic mass is 9.76. The van der Waals surface area contributed by atoms with Crippen LogP contribution in [0.15, 0.2) is 11.4 Å². The molecule has 3 heteroatoms. The SMILES string of the molecule is CC(C)(C)C1CCCC(N)(c2sccc2Cl)CC1. The zero-order valence-electron chi connectivity index (χ0n) is 11.6. The first kappa shape index (κ1) is 14.4. The molecule has 2 atom stereocenters. The molecule has 0 amide bonds. The van der Waals surface area contributed by atoms with E-state index in [1.165, 1.54) is 24.1 Å². The van der Waals surface area contributed by atoms with Gasteiger partial charge in [0.1, 0.15) is 0 Å². The van der Waals surface area contributed by atoms with Crippen LogP contribution in [0.2, 0.25) is 5.02 Å². The molecule has 1 heterocycles. The Balaban J connectivity index is 2.16. The van der Waals surface area contributed by atoms with Crippen molar-refractivity contribution in [3.63, 3.8) is 0 Å². The molecular formula is C15H24ClNS. The molecule has 1 aromatic rings. The summed E-state index contributed by atoms with van der Waals surface area (Å²) in [5, 5.41) is 2.91. The second-order valence-corrected chi connectivity index (χ2v) is 8.07. The smallest absolute Gasteiger partial charge is 0.0564 e. The molecular weight excluding hydrogens is 262 g/mol. The topological polar surface area (TPSA) is 26.0 Å². The van der Waals surface area contributed by atoms with Crippen LogP contribution in [0.5, 0.6) is 0 Å². The summed E-state index contributed by atoms with van der Waals surface area (Å²) in [6.45, 7) is 7.04. The average molecular weight is 286 g/mol. The third kappa shape index (κ3) is 2.92. The molecule has 1 aliphatic rings. The summed E-state index contributed by atoms with van der Waals surface area (Å²) in [6.07, 6.45) is 5.86. The van der Waals surface area contributed by atoms with Gasteiger partial charge in [-0.1, -0.05) is 38.8 Å². The van der Waals surface area contributed by atoms with E-state index in [2.05, 4.69) is 26.2 Å². The lowest BCUT2D eigenvalue weighted by Gasteiger charge is -2.31. The second kappa shape index (κ2) is 5.15. The van der Waals surface area contributed by atoms with Crippen molar-refractivity contribution >= 4 is 22.9 Å². The van der Waals surface area contributed by atoms with E-state index in [-0.39, 0.29) is 5.54 Å². The summed E-state index contributed by atoms with van der Waals surface area (Å²) in [4.78, 5) is 1.19. The Hall–Kier alpha value is -0.0500. The maximum absolute atomic E-state index is 6.66. The summed E-state index contributed by atoms with van der Waals surface area (Å²) >= 11 is 7.99. The number of halogens is 1. The van der Waals surface area contributed by atoms with Crippen molar-refractivity contribution in [2.75, 3.05) is 0 Å². The van der Waals surface area contributed by atoms with Gasteiger partial charge in [-0.25, -0.2) is 0 Å². The number of hydrogen-bond donors (Lipinski definition) is 1. The predicted octanol–water partition coefficient (Wildman–Crippen LogP) is 5.18. The van der Waals surface area contributed by atoms with Gasteiger partial charge in [0, 0.05) is 4.88 Å². The van der Waals surface area contributed by atoms with Gasteiger partial charge in [-0.05, 0) is 48.5 Å². The van der Waals surface area contributed by atoms with Crippen LogP contribution in [0, 0.1) is 11.3 Å². The van der Waals surface area contributed by atoms with Crippen LogP contribution in [0.1, 0.15) is 57.8 Å². The monoisotopic (exact) mass is 285 g/mol. The van der Waals surface area contributed by atoms with Crippen LogP contribution in [0.3, 0.4) is 0 Å². The fourth-order valence-electron chi connectivity index (χ4n) is 3.11. The van der Waals surface area contributed by atoms with E-state index < -0.39 is 0 Å². The molecule has 102 valence electrons. The summed E-state index contributed by atoms with van der Waals surface area (Å²) in [5.41, 5.74) is 6.86.